The van der Waals surface area contributed by atoms with Gasteiger partial charge in [-0.15, -0.1) is 0 Å². The first-order valence-corrected chi connectivity index (χ1v) is 5.26. The summed E-state index contributed by atoms with van der Waals surface area (Å²) in [5.41, 5.74) is 2.05. The maximum Gasteiger partial charge on any atom is 0.159 e. The quantitative estimate of drug-likeness (QED) is 0.804. The summed E-state index contributed by atoms with van der Waals surface area (Å²) in [5.74, 6) is 0.0179. The Morgan fingerprint density at radius 1 is 1.47 bits per heavy atom. The van der Waals surface area contributed by atoms with Gasteiger partial charge in [0, 0.05) is 11.3 Å². The molecule has 1 unspecified atom stereocenters. The third-order valence-electron chi connectivity index (χ3n) is 2.48. The predicted molar refractivity (Wildman–Crippen MR) is 64.3 cm³/mol. The molecule has 3 heteroatoms. The largest absolute Gasteiger partial charge is 0.502 e. The maximum atomic E-state index is 9.17. The van der Waals surface area contributed by atoms with Gasteiger partial charge in [0.25, 0.3) is 0 Å². The number of furan rings is 1. The molecule has 1 atom stereocenters. The van der Waals surface area contributed by atoms with Gasteiger partial charge in [-0.3, -0.25) is 0 Å². The molecule has 0 aliphatic rings. The molecule has 1 heterocycles. The fourth-order valence-corrected chi connectivity index (χ4v) is 1.67. The van der Waals surface area contributed by atoms with Crippen LogP contribution in [0.15, 0.2) is 34.9 Å². The summed E-state index contributed by atoms with van der Waals surface area (Å²) >= 11 is 4.73. The summed E-state index contributed by atoms with van der Waals surface area (Å²) in [6, 6.07) is 7.94. The van der Waals surface area contributed by atoms with Gasteiger partial charge in [0.15, 0.2) is 5.05 Å². The van der Waals surface area contributed by atoms with E-state index in [0.29, 0.717) is 0 Å². The van der Waals surface area contributed by atoms with Crippen molar-refractivity contribution in [1.82, 2.24) is 0 Å². The second kappa shape index (κ2) is 4.03. The molecular weight excluding hydrogens is 208 g/mol. The molecule has 1 aromatic carbocycles. The number of thiocarbonyl (C=S) groups is 1. The standard InChI is InChI=1S/C12H12O2S/c1-8(12(13)15)6-9-2-3-11-10(7-9)4-5-14-11/h2-5,7-8H,6H2,1H3,(H,13,15). The molecule has 0 amide bonds. The molecule has 15 heavy (non-hydrogen) atoms. The summed E-state index contributed by atoms with van der Waals surface area (Å²) < 4.78 is 5.25. The number of hydrogen-bond donors (Lipinski definition) is 1. The average molecular weight is 220 g/mol. The van der Waals surface area contributed by atoms with E-state index in [1.165, 1.54) is 0 Å². The fourth-order valence-electron chi connectivity index (χ4n) is 1.58. The van der Waals surface area contributed by atoms with Crippen LogP contribution >= 0.6 is 12.2 Å². The highest BCUT2D eigenvalue weighted by molar-refractivity contribution is 7.80. The normalized spacial score (nSPS) is 12.9. The van der Waals surface area contributed by atoms with E-state index in [4.69, 9.17) is 21.7 Å². The number of rotatable bonds is 3. The van der Waals surface area contributed by atoms with Crippen LogP contribution in [0, 0.1) is 5.92 Å². The van der Waals surface area contributed by atoms with Crippen molar-refractivity contribution in [1.29, 1.82) is 0 Å². The maximum absolute atomic E-state index is 9.17. The molecule has 0 aliphatic heterocycles. The zero-order valence-corrected chi connectivity index (χ0v) is 9.25. The van der Waals surface area contributed by atoms with Crippen LogP contribution in [0.5, 0.6) is 0 Å². The van der Waals surface area contributed by atoms with Crippen molar-refractivity contribution in [3.63, 3.8) is 0 Å². The van der Waals surface area contributed by atoms with Crippen LogP contribution in [0.3, 0.4) is 0 Å². The Kier molecular flexibility index (Phi) is 2.73. The van der Waals surface area contributed by atoms with Crippen LogP contribution in [-0.2, 0) is 6.42 Å². The lowest BCUT2D eigenvalue weighted by molar-refractivity contribution is 0.508. The molecule has 78 valence electrons. The first kappa shape index (κ1) is 10.2. The topological polar surface area (TPSA) is 33.4 Å². The molecule has 0 saturated heterocycles. The highest BCUT2D eigenvalue weighted by Crippen LogP contribution is 2.19. The number of fused-ring (bicyclic) bond motifs is 1. The highest BCUT2D eigenvalue weighted by Gasteiger charge is 2.08. The van der Waals surface area contributed by atoms with E-state index in [1.54, 1.807) is 6.26 Å². The summed E-state index contributed by atoms with van der Waals surface area (Å²) in [4.78, 5) is 0. The molecule has 0 saturated carbocycles. The Morgan fingerprint density at radius 2 is 2.27 bits per heavy atom. The van der Waals surface area contributed by atoms with E-state index < -0.39 is 0 Å². The molecular formula is C12H12O2S. The smallest absolute Gasteiger partial charge is 0.159 e. The summed E-state index contributed by atoms with van der Waals surface area (Å²) in [6.45, 7) is 1.92. The van der Waals surface area contributed by atoms with Gasteiger partial charge < -0.3 is 9.52 Å². The van der Waals surface area contributed by atoms with Gasteiger partial charge in [-0.25, -0.2) is 0 Å². The van der Waals surface area contributed by atoms with E-state index in [-0.39, 0.29) is 11.0 Å². The van der Waals surface area contributed by atoms with E-state index in [0.717, 1.165) is 23.0 Å². The van der Waals surface area contributed by atoms with Crippen LogP contribution in [-0.4, -0.2) is 10.2 Å². The monoisotopic (exact) mass is 220 g/mol. The molecule has 0 aliphatic carbocycles. The first-order valence-electron chi connectivity index (χ1n) is 4.86. The predicted octanol–water partition coefficient (Wildman–Crippen LogP) is 3.50. The molecule has 1 aromatic heterocycles. The third-order valence-corrected chi connectivity index (χ3v) is 2.88. The van der Waals surface area contributed by atoms with Gasteiger partial charge in [0.1, 0.15) is 5.58 Å². The van der Waals surface area contributed by atoms with E-state index >= 15 is 0 Å². The third kappa shape index (κ3) is 2.18. The van der Waals surface area contributed by atoms with Crippen molar-refractivity contribution >= 4 is 28.2 Å². The number of benzene rings is 1. The molecule has 2 aromatic rings. The SMILES string of the molecule is CC(Cc1ccc2occc2c1)C(O)=S. The summed E-state index contributed by atoms with van der Waals surface area (Å²) in [7, 11) is 0. The second-order valence-corrected chi connectivity index (χ2v) is 4.15. The second-order valence-electron chi connectivity index (χ2n) is 3.74. The van der Waals surface area contributed by atoms with E-state index in [9.17, 15) is 0 Å². The van der Waals surface area contributed by atoms with Crippen LogP contribution in [0.2, 0.25) is 0 Å². The average Bonchev–Trinajstić information content (AvgIpc) is 2.64. The lowest BCUT2D eigenvalue weighted by atomic mass is 10.0. The van der Waals surface area contributed by atoms with Gasteiger partial charge in [-0.1, -0.05) is 13.0 Å². The van der Waals surface area contributed by atoms with Gasteiger partial charge >= 0.3 is 0 Å². The Morgan fingerprint density at radius 3 is 3.00 bits per heavy atom. The zero-order valence-electron chi connectivity index (χ0n) is 8.43. The highest BCUT2D eigenvalue weighted by atomic mass is 32.1. The van der Waals surface area contributed by atoms with Gasteiger partial charge in [0.2, 0.25) is 0 Å². The minimum Gasteiger partial charge on any atom is -0.502 e. The van der Waals surface area contributed by atoms with E-state index in [1.807, 2.05) is 25.1 Å². The van der Waals surface area contributed by atoms with Crippen LogP contribution in [0.25, 0.3) is 11.0 Å². The molecule has 0 spiro atoms. The lowest BCUT2D eigenvalue weighted by Crippen LogP contribution is -2.10. The van der Waals surface area contributed by atoms with Crippen molar-refractivity contribution in [2.24, 2.45) is 5.92 Å². The van der Waals surface area contributed by atoms with Crippen molar-refractivity contribution in [3.05, 3.63) is 36.1 Å². The van der Waals surface area contributed by atoms with Crippen LogP contribution < -0.4 is 0 Å². The number of hydrogen-bond acceptors (Lipinski definition) is 2. The number of aliphatic hydroxyl groups is 1. The molecule has 0 radical (unpaired) electrons. The molecule has 2 rings (SSSR count). The molecule has 0 bridgehead atoms. The first-order chi connectivity index (χ1) is 7.16. The zero-order chi connectivity index (χ0) is 10.8. The van der Waals surface area contributed by atoms with Crippen molar-refractivity contribution in [2.45, 2.75) is 13.3 Å². The van der Waals surface area contributed by atoms with Gasteiger partial charge in [0.05, 0.1) is 6.26 Å². The Hall–Kier alpha value is -1.35. The van der Waals surface area contributed by atoms with Crippen LogP contribution in [0.4, 0.5) is 0 Å². The van der Waals surface area contributed by atoms with Crippen molar-refractivity contribution < 1.29 is 9.52 Å². The minimum atomic E-state index is 0.0179. The Bertz CT molecular complexity index is 487. The number of aliphatic hydroxyl groups excluding tert-OH is 1. The Labute approximate surface area is 93.5 Å². The van der Waals surface area contributed by atoms with E-state index in [2.05, 4.69) is 6.07 Å². The molecule has 0 fully saturated rings. The van der Waals surface area contributed by atoms with Crippen molar-refractivity contribution in [3.8, 4) is 0 Å². The summed E-state index contributed by atoms with van der Waals surface area (Å²) in [6.07, 6.45) is 2.44. The van der Waals surface area contributed by atoms with Crippen LogP contribution in [0.1, 0.15) is 12.5 Å². The fraction of sp³-hybridized carbons (Fsp3) is 0.250. The van der Waals surface area contributed by atoms with Gasteiger partial charge in [-0.05, 0) is 42.4 Å². The summed E-state index contributed by atoms with van der Waals surface area (Å²) in [5, 5.41) is 10.3. The molecule has 2 nitrogen and oxygen atoms in total. The Balaban J connectivity index is 2.24. The lowest BCUT2D eigenvalue weighted by Gasteiger charge is -2.07. The van der Waals surface area contributed by atoms with Crippen molar-refractivity contribution in [2.75, 3.05) is 0 Å². The molecule has 1 N–H and O–H groups in total. The van der Waals surface area contributed by atoms with Gasteiger partial charge in [-0.2, -0.15) is 0 Å². The minimum absolute atomic E-state index is 0.0179.